The van der Waals surface area contributed by atoms with Crippen molar-refractivity contribution < 1.29 is 44.0 Å². The third-order valence-corrected chi connectivity index (χ3v) is 4.97. The molecule has 4 atom stereocenters. The summed E-state index contributed by atoms with van der Waals surface area (Å²) in [4.78, 5) is 45.1. The molecule has 1 aromatic heterocycles. The normalized spacial score (nSPS) is 30.3. The predicted molar refractivity (Wildman–Crippen MR) is 74.4 cm³/mol. The Balaban J connectivity index is 2.75. The van der Waals surface area contributed by atoms with E-state index >= 15 is 0 Å². The zero-order chi connectivity index (χ0) is 18.3. The Bertz CT molecular complexity index is 703. The smallest absolute Gasteiger partial charge is 0.381 e. The number of imidazole rings is 1. The third-order valence-electron chi connectivity index (χ3n) is 3.55. The number of hydrogen-bond donors (Lipinski definition) is 7. The van der Waals surface area contributed by atoms with E-state index in [1.54, 1.807) is 0 Å². The molecule has 0 radical (unpaired) electrons. The molecule has 1 aliphatic heterocycles. The molecule has 2 heterocycles. The second-order valence-corrected chi connectivity index (χ2v) is 6.64. The van der Waals surface area contributed by atoms with Gasteiger partial charge in [0.05, 0.1) is 6.61 Å². The summed E-state index contributed by atoms with van der Waals surface area (Å²) in [7, 11) is -5.41. The lowest BCUT2D eigenvalue weighted by Crippen LogP contribution is -2.45. The fraction of sp³-hybridized carbons (Fsp3) is 0.500. The first-order valence-electron chi connectivity index (χ1n) is 6.40. The molecule has 8 N–H and O–H groups in total. The summed E-state index contributed by atoms with van der Waals surface area (Å²) in [5.41, 5.74) is 1.57. The van der Waals surface area contributed by atoms with Gasteiger partial charge in [0, 0.05) is 0 Å². The van der Waals surface area contributed by atoms with Gasteiger partial charge in [-0.1, -0.05) is 0 Å². The van der Waals surface area contributed by atoms with Crippen LogP contribution in [0.25, 0.3) is 0 Å². The van der Waals surface area contributed by atoms with E-state index in [0.29, 0.717) is 10.9 Å². The van der Waals surface area contributed by atoms with Gasteiger partial charge in [0.15, 0.2) is 5.69 Å². The SMILES string of the molecule is NC(=O)c1ncn(C2(P(=O)(O)O)O[C@H](CO)[C@@H](O)[C@H]2O)c1NC=O. The monoisotopic (exact) mass is 366 g/mol. The zero-order valence-electron chi connectivity index (χ0n) is 11.9. The topological polar surface area (TPSA) is 217 Å². The number of anilines is 1. The van der Waals surface area contributed by atoms with E-state index in [1.807, 2.05) is 5.32 Å². The Hall–Kier alpha value is -1.86. The summed E-state index contributed by atoms with van der Waals surface area (Å²) in [5.74, 6) is -1.70. The minimum Gasteiger partial charge on any atom is -0.394 e. The van der Waals surface area contributed by atoms with E-state index in [1.165, 1.54) is 0 Å². The van der Waals surface area contributed by atoms with Crippen molar-refractivity contribution in [2.75, 3.05) is 11.9 Å². The highest BCUT2D eigenvalue weighted by molar-refractivity contribution is 7.52. The number of hydrogen-bond acceptors (Lipinski definition) is 8. The van der Waals surface area contributed by atoms with Crippen LogP contribution in [-0.2, 0) is 19.6 Å². The molecule has 0 spiro atoms. The van der Waals surface area contributed by atoms with Crippen LogP contribution >= 0.6 is 7.60 Å². The maximum Gasteiger partial charge on any atom is 0.381 e. The van der Waals surface area contributed by atoms with Crippen LogP contribution in [0.4, 0.5) is 5.82 Å². The number of aliphatic hydroxyl groups excluding tert-OH is 3. The molecule has 0 aromatic carbocycles. The van der Waals surface area contributed by atoms with Crippen LogP contribution < -0.4 is 11.1 Å². The van der Waals surface area contributed by atoms with Gasteiger partial charge >= 0.3 is 7.60 Å². The summed E-state index contributed by atoms with van der Waals surface area (Å²) >= 11 is 0. The number of nitrogens with zero attached hydrogens (tertiary/aromatic N) is 2. The molecule has 1 aromatic rings. The van der Waals surface area contributed by atoms with E-state index in [-0.39, 0.29) is 6.41 Å². The molecule has 0 saturated carbocycles. The highest BCUT2D eigenvalue weighted by Crippen LogP contribution is 2.61. The molecule has 2 amide bonds. The Morgan fingerprint density at radius 2 is 2.17 bits per heavy atom. The van der Waals surface area contributed by atoms with E-state index < -0.39 is 55.4 Å². The average molecular weight is 366 g/mol. The molecule has 1 fully saturated rings. The fourth-order valence-electron chi connectivity index (χ4n) is 2.48. The van der Waals surface area contributed by atoms with Crippen LogP contribution in [0, 0.1) is 0 Å². The maximum atomic E-state index is 12.0. The average Bonchev–Trinajstić information content (AvgIpc) is 3.01. The van der Waals surface area contributed by atoms with Crippen LogP contribution in [0.15, 0.2) is 6.33 Å². The number of aromatic nitrogens is 2. The Morgan fingerprint density at radius 3 is 2.58 bits per heavy atom. The molecule has 1 saturated heterocycles. The lowest BCUT2D eigenvalue weighted by molar-refractivity contribution is -0.106. The number of rotatable bonds is 6. The number of aliphatic hydroxyl groups is 3. The lowest BCUT2D eigenvalue weighted by atomic mass is 10.1. The van der Waals surface area contributed by atoms with Crippen LogP contribution in [0.5, 0.6) is 0 Å². The van der Waals surface area contributed by atoms with Crippen LogP contribution in [0.3, 0.4) is 0 Å². The molecule has 1 unspecified atom stereocenters. The third kappa shape index (κ3) is 2.52. The summed E-state index contributed by atoms with van der Waals surface area (Å²) in [6.45, 7) is -0.867. The summed E-state index contributed by atoms with van der Waals surface area (Å²) in [6, 6.07) is 0. The Morgan fingerprint density at radius 1 is 1.54 bits per heavy atom. The van der Waals surface area contributed by atoms with E-state index in [4.69, 9.17) is 15.6 Å². The van der Waals surface area contributed by atoms with Crippen LogP contribution in [0.2, 0.25) is 0 Å². The van der Waals surface area contributed by atoms with Gasteiger partial charge in [-0.05, 0) is 0 Å². The van der Waals surface area contributed by atoms with Gasteiger partial charge in [0.2, 0.25) is 6.41 Å². The second kappa shape index (κ2) is 6.22. The van der Waals surface area contributed by atoms with Crippen LogP contribution in [-0.4, -0.2) is 71.9 Å². The lowest BCUT2D eigenvalue weighted by Gasteiger charge is -2.34. The van der Waals surface area contributed by atoms with Gasteiger partial charge in [0.25, 0.3) is 11.4 Å². The predicted octanol–water partition coefficient (Wildman–Crippen LogP) is -3.55. The number of nitrogens with one attached hydrogen (secondary N) is 1. The van der Waals surface area contributed by atoms with Crippen molar-refractivity contribution in [3.05, 3.63) is 12.0 Å². The largest absolute Gasteiger partial charge is 0.394 e. The molecule has 13 nitrogen and oxygen atoms in total. The van der Waals surface area contributed by atoms with Gasteiger partial charge in [-0.2, -0.15) is 0 Å². The Labute approximate surface area is 133 Å². The molecule has 24 heavy (non-hydrogen) atoms. The van der Waals surface area contributed by atoms with Gasteiger partial charge in [-0.15, -0.1) is 0 Å². The summed E-state index contributed by atoms with van der Waals surface area (Å²) in [5, 5.41) is 31.2. The van der Waals surface area contributed by atoms with Gasteiger partial charge in [-0.3, -0.25) is 18.7 Å². The standard InChI is InChI=1S/C10H15N4O9P/c11-8(19)5-9(13-3-16)14(2-12-5)10(24(20,21)22)7(18)6(17)4(1-15)23-10/h2-4,6-7,15,17-18H,1H2,(H2,11,19)(H,13,16)(H2,20,21,22)/t4-,6-,7-,10?/m1/s1. The summed E-state index contributed by atoms with van der Waals surface area (Å²) < 4.78 is 17.6. The molecule has 1 aliphatic rings. The maximum absolute atomic E-state index is 12.0. The molecule has 0 bridgehead atoms. The van der Waals surface area contributed by atoms with Crippen molar-refractivity contribution in [2.24, 2.45) is 5.73 Å². The number of nitrogens with two attached hydrogens (primary N) is 1. The molecule has 14 heteroatoms. The minimum atomic E-state index is -5.41. The number of ether oxygens (including phenoxy) is 1. The van der Waals surface area contributed by atoms with Crippen molar-refractivity contribution in [3.63, 3.8) is 0 Å². The van der Waals surface area contributed by atoms with Crippen molar-refractivity contribution in [1.29, 1.82) is 0 Å². The van der Waals surface area contributed by atoms with Crippen LogP contribution in [0.1, 0.15) is 10.5 Å². The van der Waals surface area contributed by atoms with Crippen molar-refractivity contribution in [2.45, 2.75) is 23.8 Å². The molecule has 134 valence electrons. The quantitative estimate of drug-likeness (QED) is 0.194. The number of carbonyl (C=O) groups is 2. The minimum absolute atomic E-state index is 0.0780. The highest BCUT2D eigenvalue weighted by atomic mass is 31.2. The van der Waals surface area contributed by atoms with Crippen molar-refractivity contribution >= 4 is 25.7 Å². The van der Waals surface area contributed by atoms with Crippen molar-refractivity contribution in [3.8, 4) is 0 Å². The molecular weight excluding hydrogens is 351 g/mol. The molecule has 0 aliphatic carbocycles. The fourth-order valence-corrected chi connectivity index (χ4v) is 3.68. The highest BCUT2D eigenvalue weighted by Gasteiger charge is 2.66. The van der Waals surface area contributed by atoms with E-state index in [0.717, 1.165) is 0 Å². The number of primary amides is 1. The van der Waals surface area contributed by atoms with Gasteiger partial charge < -0.3 is 40.9 Å². The number of carbonyl (C=O) groups excluding carboxylic acids is 2. The van der Waals surface area contributed by atoms with Crippen molar-refractivity contribution in [1.82, 2.24) is 9.55 Å². The molecular formula is C10H15N4O9P. The Kier molecular flexibility index (Phi) is 4.79. The van der Waals surface area contributed by atoms with Gasteiger partial charge in [-0.25, -0.2) is 4.98 Å². The number of amides is 2. The van der Waals surface area contributed by atoms with E-state index in [9.17, 15) is 34.2 Å². The second-order valence-electron chi connectivity index (χ2n) is 4.92. The summed E-state index contributed by atoms with van der Waals surface area (Å²) in [6.07, 6.45) is -4.87. The first-order valence-corrected chi connectivity index (χ1v) is 8.01. The molecule has 2 rings (SSSR count). The zero-order valence-corrected chi connectivity index (χ0v) is 12.8. The van der Waals surface area contributed by atoms with E-state index in [2.05, 4.69) is 4.98 Å². The first kappa shape index (κ1) is 18.5. The first-order chi connectivity index (χ1) is 11.1. The van der Waals surface area contributed by atoms with Gasteiger partial charge in [0.1, 0.15) is 30.5 Å².